The van der Waals surface area contributed by atoms with Gasteiger partial charge in [-0.25, -0.2) is 0 Å². The molecule has 3 rings (SSSR count). The van der Waals surface area contributed by atoms with Crippen LogP contribution in [0.25, 0.3) is 0 Å². The van der Waals surface area contributed by atoms with Gasteiger partial charge in [0.25, 0.3) is 0 Å². The molecule has 0 aromatic rings. The summed E-state index contributed by atoms with van der Waals surface area (Å²) >= 11 is 1.62. The first-order valence-electron chi connectivity index (χ1n) is 12.8. The molecule has 2 amide bonds. The summed E-state index contributed by atoms with van der Waals surface area (Å²) < 4.78 is 4.84. The standard InChI is InChI=1S/C27H42N2O5S/c1-8-11-15-34-25(33)20-19-12-13-27(35-19)21(20)23(31)29(18(16-30)17(4)10-3)22(27)24(32)28(14-9-2)26(5,6)7/h8-9,17-22,30H,1-2,10-16H2,3-7H3/t17-,18-,19+,20-,21-,22?,27?/m0/s1. The van der Waals surface area contributed by atoms with Crippen LogP contribution in [0.3, 0.4) is 0 Å². The van der Waals surface area contributed by atoms with Crippen LogP contribution in [0.5, 0.6) is 0 Å². The minimum Gasteiger partial charge on any atom is -0.465 e. The fourth-order valence-corrected chi connectivity index (χ4v) is 8.31. The highest BCUT2D eigenvalue weighted by Gasteiger charge is 2.75. The molecule has 7 nitrogen and oxygen atoms in total. The van der Waals surface area contributed by atoms with E-state index in [-0.39, 0.29) is 42.2 Å². The van der Waals surface area contributed by atoms with E-state index in [4.69, 9.17) is 4.74 Å². The fraction of sp³-hybridized carbons (Fsp3) is 0.741. The zero-order chi connectivity index (χ0) is 26.1. The van der Waals surface area contributed by atoms with E-state index >= 15 is 0 Å². The summed E-state index contributed by atoms with van der Waals surface area (Å²) in [6.07, 6.45) is 6.16. The number of nitrogens with zero attached hydrogens (tertiary/aromatic N) is 2. The molecule has 3 aliphatic heterocycles. The van der Waals surface area contributed by atoms with Crippen molar-refractivity contribution in [3.63, 3.8) is 0 Å². The van der Waals surface area contributed by atoms with Gasteiger partial charge in [-0.05, 0) is 46.0 Å². The Balaban J connectivity index is 2.10. The number of esters is 1. The quantitative estimate of drug-likeness (QED) is 0.263. The van der Waals surface area contributed by atoms with Crippen molar-refractivity contribution in [2.24, 2.45) is 17.8 Å². The molecule has 0 aliphatic carbocycles. The smallest absolute Gasteiger partial charge is 0.310 e. The van der Waals surface area contributed by atoms with Crippen molar-refractivity contribution in [1.82, 2.24) is 9.80 Å². The van der Waals surface area contributed by atoms with E-state index in [2.05, 4.69) is 13.2 Å². The van der Waals surface area contributed by atoms with Crippen LogP contribution >= 0.6 is 11.8 Å². The Bertz CT molecular complexity index is 855. The lowest BCUT2D eigenvalue weighted by molar-refractivity contribution is -0.154. The van der Waals surface area contributed by atoms with Crippen LogP contribution < -0.4 is 0 Å². The number of carbonyl (C=O) groups excluding carboxylic acids is 3. The number of hydrogen-bond acceptors (Lipinski definition) is 6. The molecule has 3 fully saturated rings. The van der Waals surface area contributed by atoms with Crippen molar-refractivity contribution in [2.45, 2.75) is 87.9 Å². The zero-order valence-corrected chi connectivity index (χ0v) is 22.7. The Kier molecular flexibility index (Phi) is 8.47. The first-order valence-corrected chi connectivity index (χ1v) is 13.7. The summed E-state index contributed by atoms with van der Waals surface area (Å²) in [6.45, 7) is 17.8. The van der Waals surface area contributed by atoms with Crippen LogP contribution in [-0.2, 0) is 19.1 Å². The molecule has 35 heavy (non-hydrogen) atoms. The van der Waals surface area contributed by atoms with Crippen molar-refractivity contribution >= 4 is 29.5 Å². The third-order valence-electron chi connectivity index (χ3n) is 8.04. The maximum atomic E-state index is 14.3. The van der Waals surface area contributed by atoms with Crippen LogP contribution in [0.15, 0.2) is 25.3 Å². The third-order valence-corrected chi connectivity index (χ3v) is 9.99. The minimum atomic E-state index is -0.744. The molecule has 196 valence electrons. The van der Waals surface area contributed by atoms with E-state index < -0.39 is 34.2 Å². The number of amides is 2. The number of aliphatic hydroxyl groups is 1. The average Bonchev–Trinajstić information content (AvgIpc) is 3.44. The lowest BCUT2D eigenvalue weighted by Crippen LogP contribution is -2.61. The number of aliphatic hydroxyl groups excluding tert-OH is 1. The predicted octanol–water partition coefficient (Wildman–Crippen LogP) is 3.42. The topological polar surface area (TPSA) is 87.1 Å². The summed E-state index contributed by atoms with van der Waals surface area (Å²) in [5, 5.41) is 10.4. The summed E-state index contributed by atoms with van der Waals surface area (Å²) in [7, 11) is 0. The van der Waals surface area contributed by atoms with Crippen LogP contribution in [-0.4, -0.2) is 80.1 Å². The van der Waals surface area contributed by atoms with Crippen molar-refractivity contribution < 1.29 is 24.2 Å². The zero-order valence-electron chi connectivity index (χ0n) is 21.9. The van der Waals surface area contributed by atoms with Crippen molar-refractivity contribution in [3.8, 4) is 0 Å². The monoisotopic (exact) mass is 506 g/mol. The highest BCUT2D eigenvalue weighted by molar-refractivity contribution is 8.02. The highest BCUT2D eigenvalue weighted by atomic mass is 32.2. The summed E-state index contributed by atoms with van der Waals surface area (Å²) in [5.74, 6) is -1.90. The molecule has 1 spiro atoms. The first-order chi connectivity index (χ1) is 16.5. The van der Waals surface area contributed by atoms with Crippen LogP contribution in [0.1, 0.15) is 60.3 Å². The van der Waals surface area contributed by atoms with Gasteiger partial charge in [0, 0.05) is 17.3 Å². The Labute approximate surface area is 214 Å². The Morgan fingerprint density at radius 1 is 1.34 bits per heavy atom. The molecule has 8 heteroatoms. The molecular formula is C27H42N2O5S. The van der Waals surface area contributed by atoms with E-state index in [9.17, 15) is 19.5 Å². The van der Waals surface area contributed by atoms with Gasteiger partial charge in [-0.2, -0.15) is 0 Å². The second-order valence-corrected chi connectivity index (χ2v) is 12.7. The lowest BCUT2D eigenvalue weighted by Gasteiger charge is -2.44. The van der Waals surface area contributed by atoms with Gasteiger partial charge in [0.05, 0.1) is 35.8 Å². The van der Waals surface area contributed by atoms with Gasteiger partial charge in [-0.1, -0.05) is 32.4 Å². The Morgan fingerprint density at radius 2 is 2.03 bits per heavy atom. The molecular weight excluding hydrogens is 464 g/mol. The van der Waals surface area contributed by atoms with E-state index in [1.165, 1.54) is 0 Å². The number of ether oxygens (including phenoxy) is 1. The van der Waals surface area contributed by atoms with Gasteiger partial charge >= 0.3 is 5.97 Å². The molecule has 3 saturated heterocycles. The van der Waals surface area contributed by atoms with Gasteiger partial charge in [-0.3, -0.25) is 14.4 Å². The minimum absolute atomic E-state index is 0.00263. The second kappa shape index (κ2) is 10.7. The molecule has 3 heterocycles. The third kappa shape index (κ3) is 4.68. The molecule has 0 aromatic heterocycles. The number of fused-ring (bicyclic) bond motifs is 1. The Hall–Kier alpha value is -1.80. The Morgan fingerprint density at radius 3 is 2.57 bits per heavy atom. The molecule has 1 N–H and O–H groups in total. The average molecular weight is 507 g/mol. The summed E-state index contributed by atoms with van der Waals surface area (Å²) in [4.78, 5) is 45.1. The number of rotatable bonds is 11. The number of thioether (sulfide) groups is 1. The van der Waals surface area contributed by atoms with Crippen LogP contribution in [0.4, 0.5) is 0 Å². The summed E-state index contributed by atoms with van der Waals surface area (Å²) in [5.41, 5.74) is -0.482. The van der Waals surface area contributed by atoms with Crippen LogP contribution in [0.2, 0.25) is 0 Å². The highest BCUT2D eigenvalue weighted by Crippen LogP contribution is 2.67. The van der Waals surface area contributed by atoms with Crippen molar-refractivity contribution in [3.05, 3.63) is 25.3 Å². The SMILES string of the molecule is C=CCCOC(=O)[C@@H]1[C@H]2C(=O)N([C@@H](CO)[C@@H](C)CC)C(C(=O)N(CC=C)C(C)(C)C)C23CC[C@H]1S3. The lowest BCUT2D eigenvalue weighted by atomic mass is 9.71. The normalized spacial score (nSPS) is 31.1. The maximum Gasteiger partial charge on any atom is 0.310 e. The van der Waals surface area contributed by atoms with E-state index in [1.807, 2.05) is 34.6 Å². The van der Waals surface area contributed by atoms with Gasteiger partial charge in [-0.15, -0.1) is 24.9 Å². The number of carbonyl (C=O) groups is 3. The van der Waals surface area contributed by atoms with Gasteiger partial charge in [0.15, 0.2) is 0 Å². The van der Waals surface area contributed by atoms with Gasteiger partial charge < -0.3 is 19.6 Å². The maximum absolute atomic E-state index is 14.3. The number of likely N-dealkylation sites (tertiary alicyclic amines) is 1. The second-order valence-electron chi connectivity index (χ2n) is 11.1. The molecule has 7 atom stereocenters. The van der Waals surface area contributed by atoms with E-state index in [0.717, 1.165) is 12.8 Å². The predicted molar refractivity (Wildman–Crippen MR) is 139 cm³/mol. The number of hydrogen-bond donors (Lipinski definition) is 1. The van der Waals surface area contributed by atoms with E-state index in [0.29, 0.717) is 19.4 Å². The summed E-state index contributed by atoms with van der Waals surface area (Å²) in [6, 6.07) is -1.24. The van der Waals surface area contributed by atoms with Gasteiger partial charge in [0.2, 0.25) is 11.8 Å². The first kappa shape index (κ1) is 27.8. The molecule has 0 saturated carbocycles. The largest absolute Gasteiger partial charge is 0.465 e. The van der Waals surface area contributed by atoms with Crippen molar-refractivity contribution in [2.75, 3.05) is 19.8 Å². The molecule has 3 aliphatic rings. The van der Waals surface area contributed by atoms with Gasteiger partial charge in [0.1, 0.15) is 6.04 Å². The van der Waals surface area contributed by atoms with E-state index in [1.54, 1.807) is 33.7 Å². The van der Waals surface area contributed by atoms with Crippen molar-refractivity contribution in [1.29, 1.82) is 0 Å². The fourth-order valence-electron chi connectivity index (χ4n) is 6.12. The molecule has 2 unspecified atom stereocenters. The molecule has 2 bridgehead atoms. The molecule has 0 aromatic carbocycles. The van der Waals surface area contributed by atoms with Crippen LogP contribution in [0, 0.1) is 17.8 Å². The molecule has 0 radical (unpaired) electrons.